The number of hydrogen-bond donors (Lipinski definition) is 1. The summed E-state index contributed by atoms with van der Waals surface area (Å²) in [6.45, 7) is 1.37. The zero-order chi connectivity index (χ0) is 15.2. The summed E-state index contributed by atoms with van der Waals surface area (Å²) in [6.07, 6.45) is 0.929. The number of halogens is 2. The van der Waals surface area contributed by atoms with Crippen molar-refractivity contribution >= 4 is 5.69 Å². The first kappa shape index (κ1) is 15.3. The van der Waals surface area contributed by atoms with Crippen molar-refractivity contribution in [3.05, 3.63) is 59.7 Å². The molecule has 0 fully saturated rings. The Hall–Kier alpha value is -2.10. The zero-order valence-corrected chi connectivity index (χ0v) is 12.1. The summed E-state index contributed by atoms with van der Waals surface area (Å²) < 4.78 is 28.5. The lowest BCUT2D eigenvalue weighted by molar-refractivity contribution is -0.0498. The minimum atomic E-state index is -2.79. The molecule has 2 rings (SSSR count). The topological polar surface area (TPSA) is 21.3 Å². The van der Waals surface area contributed by atoms with E-state index in [0.717, 1.165) is 12.1 Å². The number of anilines is 1. The summed E-state index contributed by atoms with van der Waals surface area (Å²) >= 11 is 0. The van der Waals surface area contributed by atoms with Crippen LogP contribution in [0.4, 0.5) is 14.5 Å². The zero-order valence-electron chi connectivity index (χ0n) is 12.1. The Morgan fingerprint density at radius 3 is 2.14 bits per heavy atom. The quantitative estimate of drug-likeness (QED) is 0.793. The largest absolute Gasteiger partial charge is 0.435 e. The van der Waals surface area contributed by atoms with Gasteiger partial charge in [0.2, 0.25) is 0 Å². The van der Waals surface area contributed by atoms with Crippen LogP contribution in [-0.4, -0.2) is 6.61 Å². The number of rotatable bonds is 6. The van der Waals surface area contributed by atoms with Crippen molar-refractivity contribution in [2.75, 3.05) is 5.32 Å². The Morgan fingerprint density at radius 2 is 1.62 bits per heavy atom. The summed E-state index contributed by atoms with van der Waals surface area (Å²) in [7, 11) is 0. The fourth-order valence-corrected chi connectivity index (χ4v) is 2.15. The molecule has 1 unspecified atom stereocenters. The first-order valence-electron chi connectivity index (χ1n) is 6.96. The molecule has 0 aliphatic rings. The number of ether oxygens (including phenoxy) is 1. The van der Waals surface area contributed by atoms with Gasteiger partial charge in [-0.05, 0) is 43.2 Å². The van der Waals surface area contributed by atoms with E-state index in [1.807, 2.05) is 0 Å². The second-order valence-corrected chi connectivity index (χ2v) is 4.92. The molecule has 1 N–H and O–H groups in total. The predicted molar refractivity (Wildman–Crippen MR) is 80.9 cm³/mol. The van der Waals surface area contributed by atoms with Crippen LogP contribution in [-0.2, 0) is 0 Å². The summed E-state index contributed by atoms with van der Waals surface area (Å²) in [5.41, 5.74) is 3.31. The molecule has 0 bridgehead atoms. The van der Waals surface area contributed by atoms with E-state index in [9.17, 15) is 8.78 Å². The van der Waals surface area contributed by atoms with Gasteiger partial charge in [0.25, 0.3) is 0 Å². The van der Waals surface area contributed by atoms with Gasteiger partial charge in [0.1, 0.15) is 5.75 Å². The maximum absolute atomic E-state index is 12.1. The van der Waals surface area contributed by atoms with E-state index < -0.39 is 6.61 Å². The Balaban J connectivity index is 2.06. The van der Waals surface area contributed by atoms with Crippen molar-refractivity contribution in [3.8, 4) is 5.75 Å². The van der Waals surface area contributed by atoms with E-state index >= 15 is 0 Å². The second-order valence-electron chi connectivity index (χ2n) is 4.92. The van der Waals surface area contributed by atoms with Crippen molar-refractivity contribution < 1.29 is 13.5 Å². The first-order chi connectivity index (χ1) is 10.1. The molecule has 0 spiro atoms. The standard InChI is InChI=1S/C17H19F2NO/c1-3-16(13-6-4-12(2)5-7-13)20-14-8-10-15(11-9-14)21-17(18)19/h4-11,16-17,20H,3H2,1-2H3. The van der Waals surface area contributed by atoms with Gasteiger partial charge < -0.3 is 10.1 Å². The van der Waals surface area contributed by atoms with Crippen molar-refractivity contribution in [2.24, 2.45) is 0 Å². The third-order valence-electron chi connectivity index (χ3n) is 3.31. The molecule has 0 amide bonds. The normalized spacial score (nSPS) is 12.2. The molecule has 1 atom stereocenters. The predicted octanol–water partition coefficient (Wildman–Crippen LogP) is 5.16. The molecule has 0 aromatic heterocycles. The number of benzene rings is 2. The average molecular weight is 291 g/mol. The van der Waals surface area contributed by atoms with E-state index in [-0.39, 0.29) is 11.8 Å². The Kier molecular flexibility index (Phi) is 5.14. The van der Waals surface area contributed by atoms with Gasteiger partial charge in [-0.15, -0.1) is 0 Å². The molecular weight excluding hydrogens is 272 g/mol. The minimum absolute atomic E-state index is 0.166. The average Bonchev–Trinajstić information content (AvgIpc) is 2.47. The van der Waals surface area contributed by atoms with Crippen LogP contribution in [0.1, 0.15) is 30.5 Å². The van der Waals surface area contributed by atoms with Crippen LogP contribution < -0.4 is 10.1 Å². The van der Waals surface area contributed by atoms with E-state index in [2.05, 4.69) is 48.2 Å². The fourth-order valence-electron chi connectivity index (χ4n) is 2.15. The molecule has 4 heteroatoms. The van der Waals surface area contributed by atoms with Gasteiger partial charge in [0.15, 0.2) is 0 Å². The third-order valence-corrected chi connectivity index (χ3v) is 3.31. The van der Waals surface area contributed by atoms with Gasteiger partial charge in [-0.3, -0.25) is 0 Å². The van der Waals surface area contributed by atoms with Crippen molar-refractivity contribution in [2.45, 2.75) is 32.9 Å². The molecule has 2 nitrogen and oxygen atoms in total. The second kappa shape index (κ2) is 7.07. The van der Waals surface area contributed by atoms with Crippen molar-refractivity contribution in [3.63, 3.8) is 0 Å². The molecule has 2 aromatic rings. The smallest absolute Gasteiger partial charge is 0.387 e. The van der Waals surface area contributed by atoms with E-state index in [4.69, 9.17) is 0 Å². The van der Waals surface area contributed by atoms with Gasteiger partial charge >= 0.3 is 6.61 Å². The highest BCUT2D eigenvalue weighted by Gasteiger charge is 2.09. The highest BCUT2D eigenvalue weighted by molar-refractivity contribution is 5.48. The van der Waals surface area contributed by atoms with Crippen LogP contribution >= 0.6 is 0 Å². The summed E-state index contributed by atoms with van der Waals surface area (Å²) in [5, 5.41) is 3.40. The van der Waals surface area contributed by atoms with Crippen molar-refractivity contribution in [1.29, 1.82) is 0 Å². The monoisotopic (exact) mass is 291 g/mol. The molecule has 0 radical (unpaired) electrons. The van der Waals surface area contributed by atoms with Gasteiger partial charge in [-0.2, -0.15) is 8.78 Å². The summed E-state index contributed by atoms with van der Waals surface area (Å²) in [5.74, 6) is 0.166. The molecule has 0 saturated carbocycles. The van der Waals surface area contributed by atoms with Crippen LogP contribution in [0.2, 0.25) is 0 Å². The van der Waals surface area contributed by atoms with Gasteiger partial charge in [0.05, 0.1) is 6.04 Å². The molecule has 0 heterocycles. The highest BCUT2D eigenvalue weighted by Crippen LogP contribution is 2.24. The molecule has 0 aliphatic carbocycles. The van der Waals surface area contributed by atoms with Gasteiger partial charge in [-0.1, -0.05) is 36.8 Å². The van der Waals surface area contributed by atoms with E-state index in [1.165, 1.54) is 23.3 Å². The molecule has 112 valence electrons. The third kappa shape index (κ3) is 4.45. The van der Waals surface area contributed by atoms with Crippen LogP contribution in [0, 0.1) is 6.92 Å². The van der Waals surface area contributed by atoms with E-state index in [1.54, 1.807) is 12.1 Å². The van der Waals surface area contributed by atoms with Gasteiger partial charge in [-0.25, -0.2) is 0 Å². The lowest BCUT2D eigenvalue weighted by Crippen LogP contribution is -2.09. The lowest BCUT2D eigenvalue weighted by atomic mass is 10.0. The maximum atomic E-state index is 12.1. The minimum Gasteiger partial charge on any atom is -0.435 e. The Labute approximate surface area is 123 Å². The highest BCUT2D eigenvalue weighted by atomic mass is 19.3. The fraction of sp³-hybridized carbons (Fsp3) is 0.294. The SMILES string of the molecule is CCC(Nc1ccc(OC(F)F)cc1)c1ccc(C)cc1. The number of nitrogens with one attached hydrogen (secondary N) is 1. The molecule has 0 saturated heterocycles. The van der Waals surface area contributed by atoms with E-state index in [0.29, 0.717) is 0 Å². The summed E-state index contributed by atoms with van der Waals surface area (Å²) in [4.78, 5) is 0. The molecule has 2 aromatic carbocycles. The lowest BCUT2D eigenvalue weighted by Gasteiger charge is -2.19. The summed E-state index contributed by atoms with van der Waals surface area (Å²) in [6, 6.07) is 15.1. The number of alkyl halides is 2. The van der Waals surface area contributed by atoms with Gasteiger partial charge in [0, 0.05) is 5.69 Å². The molecular formula is C17H19F2NO. The number of hydrogen-bond acceptors (Lipinski definition) is 2. The maximum Gasteiger partial charge on any atom is 0.387 e. The first-order valence-corrected chi connectivity index (χ1v) is 6.96. The van der Waals surface area contributed by atoms with Crippen LogP contribution in [0.5, 0.6) is 5.75 Å². The molecule has 21 heavy (non-hydrogen) atoms. The number of aryl methyl sites for hydroxylation is 1. The van der Waals surface area contributed by atoms with Crippen LogP contribution in [0.3, 0.4) is 0 Å². The Bertz CT molecular complexity index is 552. The molecule has 0 aliphatic heterocycles. The van der Waals surface area contributed by atoms with Crippen molar-refractivity contribution in [1.82, 2.24) is 0 Å². The van der Waals surface area contributed by atoms with Crippen LogP contribution in [0.15, 0.2) is 48.5 Å². The van der Waals surface area contributed by atoms with Crippen LogP contribution in [0.25, 0.3) is 0 Å². The Morgan fingerprint density at radius 1 is 1.00 bits per heavy atom.